The molecule has 1 atom stereocenters. The highest BCUT2D eigenvalue weighted by Crippen LogP contribution is 2.41. The third-order valence-electron chi connectivity index (χ3n) is 3.93. The van der Waals surface area contributed by atoms with Gasteiger partial charge in [-0.05, 0) is 65.2 Å². The van der Waals surface area contributed by atoms with Crippen molar-refractivity contribution < 1.29 is 13.9 Å². The molecule has 4 heteroatoms. The first kappa shape index (κ1) is 15.7. The SMILES string of the molecule is CC(Oc1ccc2c(c1)OC(C)(C)C=C2c1ccco1)N(C)C. The monoisotopic (exact) mass is 313 g/mol. The van der Waals surface area contributed by atoms with Crippen LogP contribution in [0, 0.1) is 0 Å². The number of hydrogen-bond acceptors (Lipinski definition) is 4. The molecule has 0 aliphatic carbocycles. The van der Waals surface area contributed by atoms with Crippen molar-refractivity contribution in [2.45, 2.75) is 32.6 Å². The van der Waals surface area contributed by atoms with Crippen molar-refractivity contribution in [3.05, 3.63) is 54.0 Å². The Hall–Kier alpha value is -2.20. The first-order chi connectivity index (χ1) is 10.9. The Labute approximate surface area is 137 Å². The van der Waals surface area contributed by atoms with E-state index in [1.165, 1.54) is 0 Å². The molecule has 0 saturated heterocycles. The number of hydrogen-bond donors (Lipinski definition) is 0. The van der Waals surface area contributed by atoms with E-state index in [-0.39, 0.29) is 6.23 Å². The molecule has 1 unspecified atom stereocenters. The molecule has 23 heavy (non-hydrogen) atoms. The number of benzene rings is 1. The third-order valence-corrected chi connectivity index (χ3v) is 3.93. The van der Waals surface area contributed by atoms with Crippen LogP contribution >= 0.6 is 0 Å². The summed E-state index contributed by atoms with van der Waals surface area (Å²) in [5.41, 5.74) is 1.67. The highest BCUT2D eigenvalue weighted by molar-refractivity contribution is 5.83. The molecule has 0 radical (unpaired) electrons. The number of fused-ring (bicyclic) bond motifs is 1. The number of ether oxygens (including phenoxy) is 2. The van der Waals surface area contributed by atoms with Gasteiger partial charge in [-0.15, -0.1) is 0 Å². The molecule has 0 bridgehead atoms. The average Bonchev–Trinajstić information content (AvgIpc) is 2.99. The largest absolute Gasteiger partial charge is 0.483 e. The topological polar surface area (TPSA) is 34.8 Å². The molecule has 0 fully saturated rings. The molecular formula is C19H23NO3. The fraction of sp³-hybridized carbons (Fsp3) is 0.368. The predicted octanol–water partition coefficient (Wildman–Crippen LogP) is 4.17. The van der Waals surface area contributed by atoms with E-state index in [1.807, 2.05) is 70.1 Å². The van der Waals surface area contributed by atoms with Crippen LogP contribution in [0.4, 0.5) is 0 Å². The Morgan fingerprint density at radius 2 is 1.96 bits per heavy atom. The Morgan fingerprint density at radius 3 is 2.61 bits per heavy atom. The van der Waals surface area contributed by atoms with Gasteiger partial charge in [0.25, 0.3) is 0 Å². The minimum atomic E-state index is -0.402. The normalized spacial score (nSPS) is 17.2. The molecule has 4 nitrogen and oxygen atoms in total. The van der Waals surface area contributed by atoms with Crippen LogP contribution < -0.4 is 9.47 Å². The quantitative estimate of drug-likeness (QED) is 0.794. The van der Waals surface area contributed by atoms with Crippen LogP contribution in [-0.2, 0) is 0 Å². The van der Waals surface area contributed by atoms with E-state index in [9.17, 15) is 0 Å². The summed E-state index contributed by atoms with van der Waals surface area (Å²) in [6.45, 7) is 6.09. The molecule has 3 rings (SSSR count). The molecule has 0 N–H and O–H groups in total. The maximum Gasteiger partial charge on any atom is 0.149 e. The Balaban J connectivity index is 1.98. The lowest BCUT2D eigenvalue weighted by atomic mass is 9.93. The van der Waals surface area contributed by atoms with Crippen LogP contribution in [0.15, 0.2) is 47.1 Å². The van der Waals surface area contributed by atoms with Crippen molar-refractivity contribution in [2.24, 2.45) is 0 Å². The van der Waals surface area contributed by atoms with E-state index in [4.69, 9.17) is 13.9 Å². The van der Waals surface area contributed by atoms with Crippen molar-refractivity contribution in [2.75, 3.05) is 14.1 Å². The molecule has 0 saturated carbocycles. The van der Waals surface area contributed by atoms with Crippen molar-refractivity contribution >= 4 is 5.57 Å². The first-order valence-electron chi connectivity index (χ1n) is 7.79. The van der Waals surface area contributed by atoms with E-state index in [1.54, 1.807) is 6.26 Å². The lowest BCUT2D eigenvalue weighted by Crippen LogP contribution is -2.31. The maximum absolute atomic E-state index is 6.12. The van der Waals surface area contributed by atoms with Crippen LogP contribution in [0.5, 0.6) is 11.5 Å². The maximum atomic E-state index is 6.12. The minimum absolute atomic E-state index is 0.00950. The molecule has 1 aromatic heterocycles. The van der Waals surface area contributed by atoms with Gasteiger partial charge in [-0.3, -0.25) is 4.90 Å². The van der Waals surface area contributed by atoms with Crippen LogP contribution in [0.25, 0.3) is 5.57 Å². The van der Waals surface area contributed by atoms with Gasteiger partial charge in [0.2, 0.25) is 0 Å². The fourth-order valence-corrected chi connectivity index (χ4v) is 2.56. The summed E-state index contributed by atoms with van der Waals surface area (Å²) in [5.74, 6) is 2.45. The molecular weight excluding hydrogens is 290 g/mol. The Bertz CT molecular complexity index is 714. The van der Waals surface area contributed by atoms with Crippen molar-refractivity contribution in [1.29, 1.82) is 0 Å². The lowest BCUT2D eigenvalue weighted by molar-refractivity contribution is 0.0806. The summed E-state index contributed by atoms with van der Waals surface area (Å²) in [6.07, 6.45) is 3.77. The van der Waals surface area contributed by atoms with Crippen molar-refractivity contribution in [3.8, 4) is 11.5 Å². The lowest BCUT2D eigenvalue weighted by Gasteiger charge is -2.31. The van der Waals surface area contributed by atoms with Gasteiger partial charge in [-0.25, -0.2) is 0 Å². The molecule has 1 aliphatic heterocycles. The third kappa shape index (κ3) is 3.27. The molecule has 2 heterocycles. The van der Waals surface area contributed by atoms with Crippen molar-refractivity contribution in [1.82, 2.24) is 4.90 Å². The highest BCUT2D eigenvalue weighted by Gasteiger charge is 2.28. The standard InChI is InChI=1S/C19H23NO3/c1-13(20(4)5)22-14-8-9-15-16(17-7-6-10-21-17)12-19(2,3)23-18(15)11-14/h6-13H,1-5H3. The Morgan fingerprint density at radius 1 is 1.17 bits per heavy atom. The minimum Gasteiger partial charge on any atom is -0.483 e. The van der Waals surface area contributed by atoms with Gasteiger partial charge in [0, 0.05) is 17.2 Å². The molecule has 0 spiro atoms. The zero-order chi connectivity index (χ0) is 16.6. The van der Waals surface area contributed by atoms with Crippen LogP contribution in [0.3, 0.4) is 0 Å². The zero-order valence-electron chi connectivity index (χ0n) is 14.3. The van der Waals surface area contributed by atoms with Gasteiger partial charge in [0.1, 0.15) is 29.1 Å². The summed E-state index contributed by atoms with van der Waals surface area (Å²) < 4.78 is 17.6. The molecule has 2 aromatic rings. The summed E-state index contributed by atoms with van der Waals surface area (Å²) in [5, 5.41) is 0. The van der Waals surface area contributed by atoms with Gasteiger partial charge >= 0.3 is 0 Å². The summed E-state index contributed by atoms with van der Waals surface area (Å²) in [6, 6.07) is 9.81. The first-order valence-corrected chi connectivity index (χ1v) is 7.79. The highest BCUT2D eigenvalue weighted by atomic mass is 16.5. The second-order valence-corrected chi connectivity index (χ2v) is 6.58. The Kier molecular flexibility index (Phi) is 3.94. The van der Waals surface area contributed by atoms with Crippen LogP contribution in [0.2, 0.25) is 0 Å². The van der Waals surface area contributed by atoms with E-state index in [2.05, 4.69) is 6.08 Å². The molecule has 122 valence electrons. The fourth-order valence-electron chi connectivity index (χ4n) is 2.56. The summed E-state index contributed by atoms with van der Waals surface area (Å²) in [7, 11) is 3.97. The number of furan rings is 1. The zero-order valence-corrected chi connectivity index (χ0v) is 14.3. The van der Waals surface area contributed by atoms with Crippen LogP contribution in [0.1, 0.15) is 32.1 Å². The van der Waals surface area contributed by atoms with Crippen LogP contribution in [-0.4, -0.2) is 30.8 Å². The number of nitrogens with zero attached hydrogens (tertiary/aromatic N) is 1. The molecule has 1 aromatic carbocycles. The van der Waals surface area contributed by atoms with Crippen molar-refractivity contribution in [3.63, 3.8) is 0 Å². The smallest absolute Gasteiger partial charge is 0.149 e. The van der Waals surface area contributed by atoms with E-state index >= 15 is 0 Å². The van der Waals surface area contributed by atoms with Gasteiger partial charge in [0.05, 0.1) is 6.26 Å². The van der Waals surface area contributed by atoms with Gasteiger partial charge < -0.3 is 13.9 Å². The van der Waals surface area contributed by atoms with Gasteiger partial charge in [0.15, 0.2) is 0 Å². The van der Waals surface area contributed by atoms with Gasteiger partial charge in [-0.2, -0.15) is 0 Å². The van der Waals surface area contributed by atoms with E-state index < -0.39 is 5.60 Å². The molecule has 0 amide bonds. The van der Waals surface area contributed by atoms with E-state index in [0.717, 1.165) is 28.4 Å². The molecule has 1 aliphatic rings. The average molecular weight is 313 g/mol. The summed E-state index contributed by atoms with van der Waals surface area (Å²) in [4.78, 5) is 2.01. The van der Waals surface area contributed by atoms with E-state index in [0.29, 0.717) is 0 Å². The number of rotatable bonds is 4. The predicted molar refractivity (Wildman–Crippen MR) is 90.7 cm³/mol. The second-order valence-electron chi connectivity index (χ2n) is 6.58. The summed E-state index contributed by atoms with van der Waals surface area (Å²) >= 11 is 0. The second kappa shape index (κ2) is 5.78. The van der Waals surface area contributed by atoms with Gasteiger partial charge in [-0.1, -0.05) is 0 Å².